The topological polar surface area (TPSA) is 3.88 Å². The lowest BCUT2D eigenvalue weighted by Gasteiger charge is -1.99. The minimum Gasteiger partial charge on any atom is -1.00 e. The highest BCUT2D eigenvalue weighted by atomic mass is 127. The zero-order chi connectivity index (χ0) is 9.80. The Morgan fingerprint density at radius 2 is 1.40 bits per heavy atom. The van der Waals surface area contributed by atoms with Crippen molar-refractivity contribution in [1.29, 1.82) is 0 Å². The van der Waals surface area contributed by atoms with Gasteiger partial charge in [-0.05, 0) is 18.1 Å². The molecule has 78 valence electrons. The predicted molar refractivity (Wildman–Crippen MR) is 57.7 cm³/mol. The Bertz CT molecular complexity index is 395. The molecule has 0 unspecified atom stereocenters. The van der Waals surface area contributed by atoms with Gasteiger partial charge in [0.1, 0.15) is 6.54 Å². The second-order valence-corrected chi connectivity index (χ2v) is 3.28. The molecule has 0 bridgehead atoms. The Kier molecular flexibility index (Phi) is 4.75. The first kappa shape index (κ1) is 12.2. The van der Waals surface area contributed by atoms with Crippen LogP contribution in [-0.4, -0.2) is 0 Å². The lowest BCUT2D eigenvalue weighted by molar-refractivity contribution is -0.693. The predicted octanol–water partition coefficient (Wildman–Crippen LogP) is -0.335. The first-order valence-corrected chi connectivity index (χ1v) is 4.94. The van der Waals surface area contributed by atoms with Crippen molar-refractivity contribution >= 4 is 0 Å². The van der Waals surface area contributed by atoms with Crippen molar-refractivity contribution in [2.24, 2.45) is 0 Å². The van der Waals surface area contributed by atoms with Crippen LogP contribution in [0.25, 0.3) is 11.1 Å². The molecule has 0 saturated heterocycles. The van der Waals surface area contributed by atoms with Gasteiger partial charge in [0.05, 0.1) is 0 Å². The van der Waals surface area contributed by atoms with Crippen LogP contribution >= 0.6 is 0 Å². The summed E-state index contributed by atoms with van der Waals surface area (Å²) >= 11 is 0. The van der Waals surface area contributed by atoms with Crippen LogP contribution in [0.2, 0.25) is 0 Å². The number of hydrogen-bond acceptors (Lipinski definition) is 0. The molecule has 2 rings (SSSR count). The number of benzene rings is 1. The van der Waals surface area contributed by atoms with E-state index >= 15 is 0 Å². The average Bonchev–Trinajstić information content (AvgIpc) is 2.30. The molecule has 0 aliphatic rings. The van der Waals surface area contributed by atoms with E-state index in [0.29, 0.717) is 0 Å². The second kappa shape index (κ2) is 5.85. The van der Waals surface area contributed by atoms with Gasteiger partial charge < -0.3 is 24.0 Å². The SMILES string of the molecule is CC[n+]1ccc(-c2ccccc2)cc1.[I-]. The summed E-state index contributed by atoms with van der Waals surface area (Å²) in [7, 11) is 0. The van der Waals surface area contributed by atoms with Gasteiger partial charge in [-0.2, -0.15) is 0 Å². The molecule has 0 atom stereocenters. The molecule has 0 spiro atoms. The average molecular weight is 311 g/mol. The van der Waals surface area contributed by atoms with E-state index < -0.39 is 0 Å². The fourth-order valence-electron chi connectivity index (χ4n) is 1.49. The van der Waals surface area contributed by atoms with Gasteiger partial charge in [-0.3, -0.25) is 0 Å². The third-order valence-corrected chi connectivity index (χ3v) is 2.36. The third-order valence-electron chi connectivity index (χ3n) is 2.36. The Balaban J connectivity index is 0.00000112. The normalized spacial score (nSPS) is 9.40. The zero-order valence-electron chi connectivity index (χ0n) is 8.73. The van der Waals surface area contributed by atoms with E-state index in [1.165, 1.54) is 11.1 Å². The van der Waals surface area contributed by atoms with E-state index in [-0.39, 0.29) is 24.0 Å². The van der Waals surface area contributed by atoms with Crippen LogP contribution in [0.15, 0.2) is 54.9 Å². The second-order valence-electron chi connectivity index (χ2n) is 3.28. The Labute approximate surface area is 108 Å². The van der Waals surface area contributed by atoms with Crippen LogP contribution in [0.5, 0.6) is 0 Å². The van der Waals surface area contributed by atoms with Crippen molar-refractivity contribution in [3.63, 3.8) is 0 Å². The molecule has 0 radical (unpaired) electrons. The number of aromatic nitrogens is 1. The molecule has 2 heteroatoms. The van der Waals surface area contributed by atoms with Gasteiger partial charge in [0.15, 0.2) is 12.4 Å². The smallest absolute Gasteiger partial charge is 0.169 e. The van der Waals surface area contributed by atoms with E-state index in [0.717, 1.165) is 6.54 Å². The minimum absolute atomic E-state index is 0. The van der Waals surface area contributed by atoms with E-state index in [9.17, 15) is 0 Å². The molecule has 1 heterocycles. The fraction of sp³-hybridized carbons (Fsp3) is 0.154. The van der Waals surface area contributed by atoms with Gasteiger partial charge in [0, 0.05) is 12.1 Å². The number of pyridine rings is 1. The first-order valence-electron chi connectivity index (χ1n) is 4.94. The molecule has 0 aliphatic carbocycles. The van der Waals surface area contributed by atoms with Crippen molar-refractivity contribution < 1.29 is 28.5 Å². The summed E-state index contributed by atoms with van der Waals surface area (Å²) in [4.78, 5) is 0. The number of halogens is 1. The van der Waals surface area contributed by atoms with E-state index in [2.05, 4.69) is 60.3 Å². The molecule has 1 aromatic heterocycles. The fourth-order valence-corrected chi connectivity index (χ4v) is 1.49. The van der Waals surface area contributed by atoms with Crippen molar-refractivity contribution in [2.75, 3.05) is 0 Å². The van der Waals surface area contributed by atoms with Crippen LogP contribution in [0.1, 0.15) is 6.92 Å². The summed E-state index contributed by atoms with van der Waals surface area (Å²) in [6, 6.07) is 14.7. The lowest BCUT2D eigenvalue weighted by atomic mass is 10.1. The van der Waals surface area contributed by atoms with Crippen molar-refractivity contribution in [2.45, 2.75) is 13.5 Å². The maximum atomic E-state index is 2.16. The van der Waals surface area contributed by atoms with Crippen molar-refractivity contribution in [3.05, 3.63) is 54.9 Å². The zero-order valence-corrected chi connectivity index (χ0v) is 10.9. The molecule has 0 N–H and O–H groups in total. The van der Waals surface area contributed by atoms with Crippen molar-refractivity contribution in [1.82, 2.24) is 0 Å². The van der Waals surface area contributed by atoms with Gasteiger partial charge in [0.2, 0.25) is 0 Å². The van der Waals surface area contributed by atoms with E-state index in [1.54, 1.807) is 0 Å². The summed E-state index contributed by atoms with van der Waals surface area (Å²) in [6.07, 6.45) is 4.23. The van der Waals surface area contributed by atoms with Crippen LogP contribution in [0.4, 0.5) is 0 Å². The van der Waals surface area contributed by atoms with Gasteiger partial charge in [-0.25, -0.2) is 4.57 Å². The summed E-state index contributed by atoms with van der Waals surface area (Å²) in [5, 5.41) is 0. The van der Waals surface area contributed by atoms with Gasteiger partial charge in [-0.1, -0.05) is 30.3 Å². The number of nitrogens with zero attached hydrogens (tertiary/aromatic N) is 1. The maximum Gasteiger partial charge on any atom is 0.169 e. The lowest BCUT2D eigenvalue weighted by Crippen LogP contribution is -3.00. The summed E-state index contributed by atoms with van der Waals surface area (Å²) < 4.78 is 2.16. The van der Waals surface area contributed by atoms with Crippen LogP contribution < -0.4 is 28.5 Å². The molecule has 0 fully saturated rings. The van der Waals surface area contributed by atoms with Crippen molar-refractivity contribution in [3.8, 4) is 11.1 Å². The standard InChI is InChI=1S/C13H14N.HI/c1-2-14-10-8-13(9-11-14)12-6-4-3-5-7-12;/h3-11H,2H2,1H3;1H/q+1;/p-1. The van der Waals surface area contributed by atoms with Crippen LogP contribution in [-0.2, 0) is 6.54 Å². The van der Waals surface area contributed by atoms with Gasteiger partial charge >= 0.3 is 0 Å². The third kappa shape index (κ3) is 3.02. The van der Waals surface area contributed by atoms with Crippen LogP contribution in [0.3, 0.4) is 0 Å². The monoisotopic (exact) mass is 311 g/mol. The highest BCUT2D eigenvalue weighted by molar-refractivity contribution is 5.61. The molecule has 1 aromatic carbocycles. The molecule has 1 nitrogen and oxygen atoms in total. The van der Waals surface area contributed by atoms with E-state index in [4.69, 9.17) is 0 Å². The largest absolute Gasteiger partial charge is 1.00 e. The number of rotatable bonds is 2. The summed E-state index contributed by atoms with van der Waals surface area (Å²) in [5.74, 6) is 0. The summed E-state index contributed by atoms with van der Waals surface area (Å²) in [6.45, 7) is 3.16. The van der Waals surface area contributed by atoms with Gasteiger partial charge in [-0.15, -0.1) is 0 Å². The molecule has 0 saturated carbocycles. The molecule has 0 aliphatic heterocycles. The summed E-state index contributed by atoms with van der Waals surface area (Å²) in [5.41, 5.74) is 2.55. The first-order chi connectivity index (χ1) is 6.90. The molecule has 0 amide bonds. The molecular weight excluding hydrogens is 297 g/mol. The van der Waals surface area contributed by atoms with Crippen LogP contribution in [0, 0.1) is 0 Å². The highest BCUT2D eigenvalue weighted by Gasteiger charge is 1.99. The molecular formula is C13H14IN. The molecule has 15 heavy (non-hydrogen) atoms. The van der Waals surface area contributed by atoms with Gasteiger partial charge in [0.25, 0.3) is 0 Å². The Hall–Kier alpha value is -0.900. The number of aryl methyl sites for hydroxylation is 1. The minimum atomic E-state index is 0. The molecule has 2 aromatic rings. The number of hydrogen-bond donors (Lipinski definition) is 0. The van der Waals surface area contributed by atoms with E-state index in [1.807, 2.05) is 6.07 Å². The quantitative estimate of drug-likeness (QED) is 0.528. The Morgan fingerprint density at radius 3 is 1.93 bits per heavy atom. The maximum absolute atomic E-state index is 2.16. The Morgan fingerprint density at radius 1 is 0.867 bits per heavy atom. The highest BCUT2D eigenvalue weighted by Crippen LogP contribution is 2.16.